The van der Waals surface area contributed by atoms with Crippen molar-refractivity contribution in [2.24, 2.45) is 12.8 Å². The van der Waals surface area contributed by atoms with Crippen molar-refractivity contribution in [3.63, 3.8) is 0 Å². The molecule has 10 nitrogen and oxygen atoms in total. The second-order valence-electron chi connectivity index (χ2n) is 4.42. The molecule has 0 saturated heterocycles. The molecule has 0 atom stereocenters. The number of nitrogens with two attached hydrogens (primary N) is 1. The molecule has 0 aliphatic rings. The lowest BCUT2D eigenvalue weighted by molar-refractivity contribution is 0.0995. The average molecular weight is 333 g/mol. The monoisotopic (exact) mass is 333 g/mol. The Morgan fingerprint density at radius 3 is 3.00 bits per heavy atom. The molecule has 3 aromatic heterocycles. The molecule has 0 unspecified atom stereocenters. The van der Waals surface area contributed by atoms with E-state index in [4.69, 9.17) is 10.5 Å². The molecular weight excluding hydrogens is 322 g/mol. The van der Waals surface area contributed by atoms with Crippen molar-refractivity contribution in [2.75, 3.05) is 5.32 Å². The number of carbonyl (C=O) groups excluding carboxylic acids is 2. The molecule has 4 N–H and O–H groups in total. The topological polar surface area (TPSA) is 141 Å². The van der Waals surface area contributed by atoms with Gasteiger partial charge in [-0.2, -0.15) is 10.2 Å². The summed E-state index contributed by atoms with van der Waals surface area (Å²) in [5, 5.41) is 15.0. The van der Waals surface area contributed by atoms with Gasteiger partial charge in [0, 0.05) is 25.0 Å². The van der Waals surface area contributed by atoms with E-state index < -0.39 is 12.0 Å². The number of nitrogens with zero attached hydrogens (tertiary/aromatic N) is 4. The molecular formula is C12H11N7O3S. The maximum Gasteiger partial charge on any atom is 0.418 e. The fraction of sp³-hybridized carbons (Fsp3) is 0.0833. The van der Waals surface area contributed by atoms with E-state index in [1.807, 2.05) is 0 Å². The first-order valence-electron chi connectivity index (χ1n) is 6.30. The van der Waals surface area contributed by atoms with Gasteiger partial charge in [-0.15, -0.1) is 11.3 Å². The van der Waals surface area contributed by atoms with Crippen molar-refractivity contribution >= 4 is 29.0 Å². The first-order valence-corrected chi connectivity index (χ1v) is 7.18. The van der Waals surface area contributed by atoms with Crippen LogP contribution >= 0.6 is 11.3 Å². The van der Waals surface area contributed by atoms with Crippen LogP contribution in [0.2, 0.25) is 0 Å². The summed E-state index contributed by atoms with van der Waals surface area (Å²) >= 11 is 1.30. The van der Waals surface area contributed by atoms with E-state index in [0.29, 0.717) is 5.01 Å². The number of aryl methyl sites for hydroxylation is 1. The number of hydrogen-bond donors (Lipinski definition) is 3. The van der Waals surface area contributed by atoms with Crippen LogP contribution in [0.1, 0.15) is 10.5 Å². The number of amides is 2. The van der Waals surface area contributed by atoms with Crippen LogP contribution < -0.4 is 15.8 Å². The van der Waals surface area contributed by atoms with Crippen molar-refractivity contribution in [3.05, 3.63) is 29.7 Å². The third kappa shape index (κ3) is 3.18. The lowest BCUT2D eigenvalue weighted by Gasteiger charge is -2.02. The van der Waals surface area contributed by atoms with Gasteiger partial charge < -0.3 is 10.5 Å². The van der Waals surface area contributed by atoms with Gasteiger partial charge in [0.05, 0.1) is 17.3 Å². The van der Waals surface area contributed by atoms with Gasteiger partial charge in [-0.3, -0.25) is 19.9 Å². The molecule has 3 heterocycles. The minimum atomic E-state index is -0.801. The Balaban J connectivity index is 1.69. The number of anilines is 1. The highest BCUT2D eigenvalue weighted by Crippen LogP contribution is 2.26. The lowest BCUT2D eigenvalue weighted by atomic mass is 10.3. The largest absolute Gasteiger partial charge is 0.418 e. The third-order valence-corrected chi connectivity index (χ3v) is 3.59. The molecule has 2 amide bonds. The minimum absolute atomic E-state index is 0.0539. The Kier molecular flexibility index (Phi) is 3.76. The summed E-state index contributed by atoms with van der Waals surface area (Å²) in [7, 11) is 1.60. The SMILES string of the molecule is Cn1cc(NC(=O)Oc2csc(-c3cn[nH]c3)n2)c(C(N)=O)n1. The number of H-pyrrole nitrogens is 1. The van der Waals surface area contributed by atoms with Crippen molar-refractivity contribution in [2.45, 2.75) is 0 Å². The number of thiazole rings is 1. The van der Waals surface area contributed by atoms with E-state index in [-0.39, 0.29) is 17.3 Å². The summed E-state index contributed by atoms with van der Waals surface area (Å²) < 4.78 is 6.43. The minimum Gasteiger partial charge on any atom is -0.390 e. The highest BCUT2D eigenvalue weighted by atomic mass is 32.1. The molecule has 23 heavy (non-hydrogen) atoms. The van der Waals surface area contributed by atoms with Gasteiger partial charge in [-0.1, -0.05) is 0 Å². The van der Waals surface area contributed by atoms with Crippen LogP contribution in [-0.2, 0) is 7.05 Å². The Morgan fingerprint density at radius 1 is 1.48 bits per heavy atom. The van der Waals surface area contributed by atoms with E-state index in [2.05, 4.69) is 25.6 Å². The quantitative estimate of drug-likeness (QED) is 0.650. The fourth-order valence-electron chi connectivity index (χ4n) is 1.80. The van der Waals surface area contributed by atoms with Gasteiger partial charge in [0.2, 0.25) is 5.88 Å². The highest BCUT2D eigenvalue weighted by Gasteiger charge is 2.17. The molecule has 0 aliphatic heterocycles. The Morgan fingerprint density at radius 2 is 2.30 bits per heavy atom. The number of carbonyl (C=O) groups is 2. The van der Waals surface area contributed by atoms with Crippen molar-refractivity contribution in [1.82, 2.24) is 25.0 Å². The summed E-state index contributed by atoms with van der Waals surface area (Å²) in [5.74, 6) is -0.620. The summed E-state index contributed by atoms with van der Waals surface area (Å²) in [4.78, 5) is 27.3. The maximum absolute atomic E-state index is 11.9. The first-order chi connectivity index (χ1) is 11.0. The van der Waals surface area contributed by atoms with Crippen LogP contribution in [0.5, 0.6) is 5.88 Å². The van der Waals surface area contributed by atoms with Crippen LogP contribution in [0.15, 0.2) is 24.0 Å². The second-order valence-corrected chi connectivity index (χ2v) is 5.28. The second kappa shape index (κ2) is 5.88. The molecule has 3 aromatic rings. The van der Waals surface area contributed by atoms with Crippen molar-refractivity contribution in [1.29, 1.82) is 0 Å². The van der Waals surface area contributed by atoms with Crippen molar-refractivity contribution in [3.8, 4) is 16.5 Å². The van der Waals surface area contributed by atoms with Gasteiger partial charge in [0.15, 0.2) is 5.69 Å². The molecule has 0 saturated carbocycles. The maximum atomic E-state index is 11.9. The van der Waals surface area contributed by atoms with E-state index >= 15 is 0 Å². The smallest absolute Gasteiger partial charge is 0.390 e. The lowest BCUT2D eigenvalue weighted by Crippen LogP contribution is -2.20. The van der Waals surface area contributed by atoms with E-state index in [9.17, 15) is 9.59 Å². The zero-order valence-electron chi connectivity index (χ0n) is 11.8. The standard InChI is InChI=1S/C12H11N7O3S/c1-19-4-7(9(18-19)10(13)20)16-12(21)22-8-5-23-11(17-8)6-2-14-15-3-6/h2-5H,1H3,(H2,13,20)(H,14,15)(H,16,21). The van der Waals surface area contributed by atoms with Gasteiger partial charge >= 0.3 is 6.09 Å². The summed E-state index contributed by atoms with van der Waals surface area (Å²) in [6.45, 7) is 0. The predicted octanol–water partition coefficient (Wildman–Crippen LogP) is 0.976. The molecule has 0 fully saturated rings. The Hall–Kier alpha value is -3.21. The third-order valence-electron chi connectivity index (χ3n) is 2.72. The molecule has 11 heteroatoms. The summed E-state index contributed by atoms with van der Waals surface area (Å²) in [6.07, 6.45) is 3.93. The number of ether oxygens (including phenoxy) is 1. The van der Waals surface area contributed by atoms with Crippen LogP contribution in [-0.4, -0.2) is 37.0 Å². The highest BCUT2D eigenvalue weighted by molar-refractivity contribution is 7.13. The molecule has 0 aliphatic carbocycles. The Bertz CT molecular complexity index is 852. The van der Waals surface area contributed by atoms with Crippen LogP contribution in [0.3, 0.4) is 0 Å². The van der Waals surface area contributed by atoms with Gasteiger partial charge in [-0.25, -0.2) is 9.78 Å². The molecule has 0 radical (unpaired) electrons. The van der Waals surface area contributed by atoms with Crippen LogP contribution in [0.25, 0.3) is 10.6 Å². The van der Waals surface area contributed by atoms with Gasteiger partial charge in [-0.05, 0) is 0 Å². The normalized spacial score (nSPS) is 10.5. The number of aromatic amines is 1. The molecule has 0 bridgehead atoms. The van der Waals surface area contributed by atoms with E-state index in [0.717, 1.165) is 5.56 Å². The van der Waals surface area contributed by atoms with E-state index in [1.165, 1.54) is 22.2 Å². The summed E-state index contributed by atoms with van der Waals surface area (Å²) in [6, 6.07) is 0. The molecule has 0 spiro atoms. The number of rotatable bonds is 4. The van der Waals surface area contributed by atoms with Gasteiger partial charge in [0.1, 0.15) is 5.01 Å². The number of aromatic nitrogens is 5. The molecule has 0 aromatic carbocycles. The van der Waals surface area contributed by atoms with Gasteiger partial charge in [0.25, 0.3) is 5.91 Å². The molecule has 118 valence electrons. The fourth-order valence-corrected chi connectivity index (χ4v) is 2.50. The van der Waals surface area contributed by atoms with Crippen LogP contribution in [0.4, 0.5) is 10.5 Å². The average Bonchev–Trinajstić information content (AvgIpc) is 3.18. The van der Waals surface area contributed by atoms with Crippen molar-refractivity contribution < 1.29 is 14.3 Å². The zero-order valence-corrected chi connectivity index (χ0v) is 12.6. The zero-order chi connectivity index (χ0) is 16.4. The number of nitrogens with one attached hydrogen (secondary N) is 2. The number of primary amides is 1. The van der Waals surface area contributed by atoms with E-state index in [1.54, 1.807) is 24.8 Å². The Labute approximate surface area is 133 Å². The predicted molar refractivity (Wildman–Crippen MR) is 81.1 cm³/mol. The summed E-state index contributed by atoms with van der Waals surface area (Å²) in [5.41, 5.74) is 6.08. The number of hydrogen-bond acceptors (Lipinski definition) is 7. The first kappa shape index (κ1) is 14.7. The van der Waals surface area contributed by atoms with Crippen LogP contribution in [0, 0.1) is 0 Å². The molecule has 3 rings (SSSR count).